The van der Waals surface area contributed by atoms with Crippen LogP contribution in [0.1, 0.15) is 92.7 Å². The number of fused-ring (bicyclic) bond motifs is 1. The molecule has 2 aromatic rings. The zero-order valence-electron chi connectivity index (χ0n) is 22.5. The molecular formula is C28H39F3N4O2S. The first kappa shape index (κ1) is 29.0. The second kappa shape index (κ2) is 12.0. The van der Waals surface area contributed by atoms with Gasteiger partial charge >= 0.3 is 6.18 Å². The second-order valence-electron chi connectivity index (χ2n) is 11.0. The molecule has 0 radical (unpaired) electrons. The first-order chi connectivity index (χ1) is 18.0. The maximum atomic E-state index is 13.2. The van der Waals surface area contributed by atoms with Crippen LogP contribution in [0.4, 0.5) is 13.2 Å². The zero-order chi connectivity index (χ0) is 27.5. The van der Waals surface area contributed by atoms with Gasteiger partial charge in [0, 0.05) is 60.5 Å². The van der Waals surface area contributed by atoms with Gasteiger partial charge in [0.25, 0.3) is 0 Å². The summed E-state index contributed by atoms with van der Waals surface area (Å²) >= 11 is 1.52. The van der Waals surface area contributed by atoms with Crippen LogP contribution in [0.25, 0.3) is 0 Å². The Hall–Kier alpha value is -2.04. The molecule has 2 fully saturated rings. The molecule has 38 heavy (non-hydrogen) atoms. The van der Waals surface area contributed by atoms with Crippen molar-refractivity contribution in [2.75, 3.05) is 6.54 Å². The van der Waals surface area contributed by atoms with E-state index in [-0.39, 0.29) is 24.4 Å². The van der Waals surface area contributed by atoms with Gasteiger partial charge in [0.1, 0.15) is 10.6 Å². The largest absolute Gasteiger partial charge is 0.417 e. The number of carbonyl (C=O) groups excluding carboxylic acids is 1. The fraction of sp³-hybridized carbons (Fsp3) is 0.679. The van der Waals surface area contributed by atoms with E-state index in [4.69, 9.17) is 0 Å². The Morgan fingerprint density at radius 2 is 1.92 bits per heavy atom. The maximum Gasteiger partial charge on any atom is 0.417 e. The highest BCUT2D eigenvalue weighted by Crippen LogP contribution is 2.39. The molecule has 0 spiro atoms. The van der Waals surface area contributed by atoms with Crippen molar-refractivity contribution in [3.63, 3.8) is 0 Å². The quantitative estimate of drug-likeness (QED) is 0.505. The summed E-state index contributed by atoms with van der Waals surface area (Å²) < 4.78 is 39.2. The molecule has 2 aliphatic carbocycles. The van der Waals surface area contributed by atoms with Crippen LogP contribution in [0.15, 0.2) is 17.6 Å². The van der Waals surface area contributed by atoms with Gasteiger partial charge in [0.2, 0.25) is 5.91 Å². The number of hydrogen-bond donors (Lipinski definition) is 2. The lowest BCUT2D eigenvalue weighted by Gasteiger charge is -2.36. The van der Waals surface area contributed by atoms with Crippen molar-refractivity contribution in [3.8, 4) is 0 Å². The number of halogens is 3. The van der Waals surface area contributed by atoms with E-state index in [1.54, 1.807) is 4.90 Å². The average Bonchev–Trinajstić information content (AvgIpc) is 3.54. The van der Waals surface area contributed by atoms with Gasteiger partial charge in [-0.15, -0.1) is 11.3 Å². The van der Waals surface area contributed by atoms with Crippen molar-refractivity contribution < 1.29 is 23.1 Å². The third-order valence-corrected chi connectivity index (χ3v) is 8.92. The predicted octanol–water partition coefficient (Wildman–Crippen LogP) is 5.76. The van der Waals surface area contributed by atoms with Crippen molar-refractivity contribution in [2.24, 2.45) is 5.92 Å². The van der Waals surface area contributed by atoms with Gasteiger partial charge in [-0.3, -0.25) is 9.78 Å². The summed E-state index contributed by atoms with van der Waals surface area (Å²) in [6.45, 7) is 6.88. The average molecular weight is 553 g/mol. The lowest BCUT2D eigenvalue weighted by atomic mass is 9.82. The molecule has 3 aliphatic rings. The molecule has 6 nitrogen and oxygen atoms in total. The van der Waals surface area contributed by atoms with Crippen LogP contribution in [-0.4, -0.2) is 44.5 Å². The van der Waals surface area contributed by atoms with Gasteiger partial charge < -0.3 is 15.3 Å². The molecule has 0 saturated heterocycles. The SMILES string of the molecule is CCC.Cc1csc(C2(O)CCC(NC3CCC(C(=O)N4CCc5ncc(C(F)(F)F)cc5C4)C3)CC2)n1. The van der Waals surface area contributed by atoms with Crippen LogP contribution in [0.2, 0.25) is 0 Å². The maximum absolute atomic E-state index is 13.2. The van der Waals surface area contributed by atoms with E-state index in [0.29, 0.717) is 43.1 Å². The number of rotatable bonds is 4. The summed E-state index contributed by atoms with van der Waals surface area (Å²) in [4.78, 5) is 23.4. The molecule has 5 rings (SSSR count). The highest BCUT2D eigenvalue weighted by Gasteiger charge is 2.40. The summed E-state index contributed by atoms with van der Waals surface area (Å²) in [5.74, 6) is -0.0684. The van der Waals surface area contributed by atoms with E-state index in [2.05, 4.69) is 29.1 Å². The Kier molecular flexibility index (Phi) is 9.15. The lowest BCUT2D eigenvalue weighted by Crippen LogP contribution is -2.44. The molecule has 2 saturated carbocycles. The van der Waals surface area contributed by atoms with Crippen molar-refractivity contribution in [1.82, 2.24) is 20.2 Å². The van der Waals surface area contributed by atoms with E-state index in [1.165, 1.54) is 17.8 Å². The third-order valence-electron chi connectivity index (χ3n) is 7.76. The summed E-state index contributed by atoms with van der Waals surface area (Å²) in [5.41, 5.74) is 0.487. The molecule has 1 amide bonds. The minimum Gasteiger partial charge on any atom is -0.383 e. The van der Waals surface area contributed by atoms with Gasteiger partial charge in [-0.25, -0.2) is 4.98 Å². The first-order valence-electron chi connectivity index (χ1n) is 13.8. The number of nitrogens with zero attached hydrogens (tertiary/aromatic N) is 3. The van der Waals surface area contributed by atoms with Crippen LogP contribution in [0.5, 0.6) is 0 Å². The lowest BCUT2D eigenvalue weighted by molar-refractivity contribution is -0.138. The fourth-order valence-corrected chi connectivity index (χ4v) is 6.72. The van der Waals surface area contributed by atoms with Crippen LogP contribution >= 0.6 is 11.3 Å². The van der Waals surface area contributed by atoms with E-state index >= 15 is 0 Å². The number of alkyl halides is 3. The summed E-state index contributed by atoms with van der Waals surface area (Å²) in [7, 11) is 0. The first-order valence-corrected chi connectivity index (χ1v) is 14.6. The standard InChI is InChI=1S/C25H31F3N4O2S.C3H8/c1-15-14-35-23(30-15)24(34)7-4-19(5-8-24)31-20-3-2-16(11-20)22(33)32-9-6-21-17(13-32)10-18(12-29-21)25(26,27)28;1-3-2/h10,12,14,16,19-20,31,34H,2-9,11,13H2,1H3;3H2,1-2H3. The Balaban J connectivity index is 0.00000107. The van der Waals surface area contributed by atoms with Gasteiger partial charge in [-0.05, 0) is 63.5 Å². The summed E-state index contributed by atoms with van der Waals surface area (Å²) in [5, 5.41) is 17.5. The number of nitrogens with one attached hydrogen (secondary N) is 1. The van der Waals surface area contributed by atoms with Crippen molar-refractivity contribution in [1.29, 1.82) is 0 Å². The smallest absolute Gasteiger partial charge is 0.383 e. The topological polar surface area (TPSA) is 78.4 Å². The normalized spacial score (nSPS) is 27.4. The Morgan fingerprint density at radius 1 is 1.21 bits per heavy atom. The number of pyridine rings is 1. The number of hydrogen-bond acceptors (Lipinski definition) is 6. The minimum atomic E-state index is -4.44. The molecule has 10 heteroatoms. The van der Waals surface area contributed by atoms with Crippen molar-refractivity contribution >= 4 is 17.2 Å². The van der Waals surface area contributed by atoms with Crippen LogP contribution in [0, 0.1) is 12.8 Å². The van der Waals surface area contributed by atoms with Gasteiger partial charge in [0.15, 0.2) is 0 Å². The van der Waals surface area contributed by atoms with Gasteiger partial charge in [-0.1, -0.05) is 20.3 Å². The Bertz CT molecular complexity index is 1100. The number of carbonyl (C=O) groups is 1. The highest BCUT2D eigenvalue weighted by molar-refractivity contribution is 7.09. The third kappa shape index (κ3) is 6.74. The Labute approximate surface area is 227 Å². The van der Waals surface area contributed by atoms with E-state index in [1.807, 2.05) is 12.3 Å². The summed E-state index contributed by atoms with van der Waals surface area (Å²) in [6, 6.07) is 1.69. The van der Waals surface area contributed by atoms with E-state index in [0.717, 1.165) is 55.1 Å². The predicted molar refractivity (Wildman–Crippen MR) is 142 cm³/mol. The number of aryl methyl sites for hydroxylation is 1. The summed E-state index contributed by atoms with van der Waals surface area (Å²) in [6.07, 6.45) is 3.70. The van der Waals surface area contributed by atoms with Crippen LogP contribution in [-0.2, 0) is 29.5 Å². The molecule has 210 valence electrons. The van der Waals surface area contributed by atoms with Crippen molar-refractivity contribution in [2.45, 2.75) is 109 Å². The molecule has 2 N–H and O–H groups in total. The molecule has 3 heterocycles. The number of amides is 1. The van der Waals surface area contributed by atoms with E-state index in [9.17, 15) is 23.1 Å². The Morgan fingerprint density at radius 3 is 2.55 bits per heavy atom. The zero-order valence-corrected chi connectivity index (χ0v) is 23.3. The molecule has 0 bridgehead atoms. The minimum absolute atomic E-state index is 0.0366. The van der Waals surface area contributed by atoms with E-state index < -0.39 is 17.3 Å². The molecular weight excluding hydrogens is 513 g/mol. The number of thiazole rings is 1. The number of aliphatic hydroxyl groups is 1. The monoisotopic (exact) mass is 552 g/mol. The van der Waals surface area contributed by atoms with Crippen LogP contribution in [0.3, 0.4) is 0 Å². The molecule has 2 aromatic heterocycles. The van der Waals surface area contributed by atoms with Gasteiger partial charge in [-0.2, -0.15) is 13.2 Å². The molecule has 0 aromatic carbocycles. The highest BCUT2D eigenvalue weighted by atomic mass is 32.1. The second-order valence-corrected chi connectivity index (χ2v) is 11.9. The van der Waals surface area contributed by atoms with Crippen LogP contribution < -0.4 is 5.32 Å². The van der Waals surface area contributed by atoms with Gasteiger partial charge in [0.05, 0.1) is 5.56 Å². The molecule has 2 unspecified atom stereocenters. The number of aromatic nitrogens is 2. The molecule has 1 aliphatic heterocycles. The van der Waals surface area contributed by atoms with Crippen molar-refractivity contribution in [3.05, 3.63) is 45.2 Å². The molecule has 2 atom stereocenters. The fourth-order valence-electron chi connectivity index (χ4n) is 5.76.